The Morgan fingerprint density at radius 3 is 2.95 bits per heavy atom. The van der Waals surface area contributed by atoms with Crippen molar-refractivity contribution in [2.75, 3.05) is 7.11 Å². The molecule has 2 heterocycles. The lowest BCUT2D eigenvalue weighted by molar-refractivity contribution is -0.141. The number of esters is 1. The number of ether oxygens (including phenoxy) is 1. The van der Waals surface area contributed by atoms with Crippen molar-refractivity contribution in [3.8, 4) is 0 Å². The first-order valence-electron chi connectivity index (χ1n) is 6.43. The average Bonchev–Trinajstić information content (AvgIpc) is 3.07. The number of nitrogens with one attached hydrogen (secondary N) is 1. The maximum absolute atomic E-state index is 11.5. The first kappa shape index (κ1) is 14.7. The molecule has 20 heavy (non-hydrogen) atoms. The smallest absolute Gasteiger partial charge is 0.307 e. The Balaban J connectivity index is 2.04. The molecule has 1 unspecified atom stereocenters. The van der Waals surface area contributed by atoms with Crippen LogP contribution in [-0.4, -0.2) is 22.9 Å². The molecule has 1 N–H and O–H groups in total. The van der Waals surface area contributed by atoms with E-state index in [2.05, 4.69) is 10.4 Å². The van der Waals surface area contributed by atoms with Crippen molar-refractivity contribution in [3.63, 3.8) is 0 Å². The van der Waals surface area contributed by atoms with Gasteiger partial charge in [0, 0.05) is 29.7 Å². The largest absolute Gasteiger partial charge is 0.469 e. The van der Waals surface area contributed by atoms with Gasteiger partial charge in [0.25, 0.3) is 0 Å². The number of thiophene rings is 1. The topological polar surface area (TPSA) is 56.1 Å². The zero-order valence-electron chi connectivity index (χ0n) is 11.9. The summed E-state index contributed by atoms with van der Waals surface area (Å²) in [6, 6.07) is 3.99. The van der Waals surface area contributed by atoms with E-state index in [0.717, 1.165) is 16.1 Å². The summed E-state index contributed by atoms with van der Waals surface area (Å²) in [5.41, 5.74) is 2.26. The van der Waals surface area contributed by atoms with Gasteiger partial charge in [-0.1, -0.05) is 6.07 Å². The molecule has 0 bridgehead atoms. The fraction of sp³-hybridized carbons (Fsp3) is 0.429. The van der Waals surface area contributed by atoms with Crippen LogP contribution in [0.3, 0.4) is 0 Å². The van der Waals surface area contributed by atoms with Crippen molar-refractivity contribution < 1.29 is 9.53 Å². The minimum Gasteiger partial charge on any atom is -0.469 e. The number of methoxy groups -OCH3 is 1. The van der Waals surface area contributed by atoms with E-state index in [1.807, 2.05) is 42.4 Å². The van der Waals surface area contributed by atoms with E-state index in [1.165, 1.54) is 7.11 Å². The van der Waals surface area contributed by atoms with E-state index in [1.54, 1.807) is 11.3 Å². The summed E-state index contributed by atoms with van der Waals surface area (Å²) >= 11 is 1.64. The Kier molecular flexibility index (Phi) is 4.92. The maximum atomic E-state index is 11.5. The van der Waals surface area contributed by atoms with Gasteiger partial charge in [-0.15, -0.1) is 11.3 Å². The molecule has 6 heteroatoms. The van der Waals surface area contributed by atoms with Crippen LogP contribution in [0.25, 0.3) is 0 Å². The second-order valence-electron chi connectivity index (χ2n) is 4.61. The van der Waals surface area contributed by atoms with Gasteiger partial charge in [-0.3, -0.25) is 9.48 Å². The highest BCUT2D eigenvalue weighted by molar-refractivity contribution is 7.10. The Labute approximate surface area is 122 Å². The molecule has 0 spiro atoms. The molecule has 0 saturated carbocycles. The van der Waals surface area contributed by atoms with E-state index < -0.39 is 0 Å². The minimum absolute atomic E-state index is 0.0259. The summed E-state index contributed by atoms with van der Waals surface area (Å²) in [5, 5.41) is 9.65. The number of aromatic nitrogens is 2. The number of carbonyl (C=O) groups excluding carboxylic acids is 1. The van der Waals surface area contributed by atoms with Crippen molar-refractivity contribution in [2.24, 2.45) is 7.05 Å². The summed E-state index contributed by atoms with van der Waals surface area (Å²) in [4.78, 5) is 12.7. The van der Waals surface area contributed by atoms with Crippen molar-refractivity contribution in [1.82, 2.24) is 15.1 Å². The molecular weight excluding hydrogens is 274 g/mol. The summed E-state index contributed by atoms with van der Waals surface area (Å²) in [5.74, 6) is -0.209. The van der Waals surface area contributed by atoms with Gasteiger partial charge in [0.05, 0.1) is 25.8 Å². The molecule has 0 aliphatic carbocycles. The Hall–Kier alpha value is -1.66. The maximum Gasteiger partial charge on any atom is 0.307 e. The SMILES string of the molecule is COC(=O)CC(NCc1cnn(C)c1C)c1cccs1. The fourth-order valence-electron chi connectivity index (χ4n) is 1.96. The molecule has 1 atom stereocenters. The number of hydrogen-bond donors (Lipinski definition) is 1. The lowest BCUT2D eigenvalue weighted by Crippen LogP contribution is -2.23. The van der Waals surface area contributed by atoms with Gasteiger partial charge < -0.3 is 10.1 Å². The molecule has 0 aliphatic rings. The lowest BCUT2D eigenvalue weighted by Gasteiger charge is -2.16. The third kappa shape index (κ3) is 3.46. The molecule has 0 aliphatic heterocycles. The first-order valence-corrected chi connectivity index (χ1v) is 7.31. The molecule has 2 rings (SSSR count). The molecule has 2 aromatic heterocycles. The summed E-state index contributed by atoms with van der Waals surface area (Å²) in [6.45, 7) is 2.71. The molecule has 108 valence electrons. The average molecular weight is 293 g/mol. The molecule has 0 aromatic carbocycles. The van der Waals surface area contributed by atoms with Gasteiger partial charge in [0.15, 0.2) is 0 Å². The highest BCUT2D eigenvalue weighted by Crippen LogP contribution is 2.23. The summed E-state index contributed by atoms with van der Waals surface area (Å²) in [6.07, 6.45) is 2.18. The van der Waals surface area contributed by atoms with Crippen LogP contribution in [0.15, 0.2) is 23.7 Å². The number of carbonyl (C=O) groups is 1. The second-order valence-corrected chi connectivity index (χ2v) is 5.59. The Morgan fingerprint density at radius 1 is 1.60 bits per heavy atom. The monoisotopic (exact) mass is 293 g/mol. The normalized spacial score (nSPS) is 12.3. The second kappa shape index (κ2) is 6.67. The highest BCUT2D eigenvalue weighted by atomic mass is 32.1. The van der Waals surface area contributed by atoms with Crippen molar-refractivity contribution in [3.05, 3.63) is 39.8 Å². The van der Waals surface area contributed by atoms with Crippen LogP contribution in [0.5, 0.6) is 0 Å². The third-order valence-corrected chi connectivity index (χ3v) is 4.35. The van der Waals surface area contributed by atoms with Crippen LogP contribution in [0, 0.1) is 6.92 Å². The molecule has 2 aromatic rings. The standard InChI is InChI=1S/C14H19N3O2S/c1-10-11(9-16-17(10)2)8-15-12(7-14(18)19-3)13-5-4-6-20-13/h4-6,9,12,15H,7-8H2,1-3H3. The van der Waals surface area contributed by atoms with Crippen molar-refractivity contribution >= 4 is 17.3 Å². The van der Waals surface area contributed by atoms with Crippen LogP contribution in [0.1, 0.15) is 28.6 Å². The molecule has 0 saturated heterocycles. The van der Waals surface area contributed by atoms with Gasteiger partial charge >= 0.3 is 5.97 Å². The number of rotatable bonds is 6. The Bertz CT molecular complexity index is 563. The summed E-state index contributed by atoms with van der Waals surface area (Å²) < 4.78 is 6.61. The minimum atomic E-state index is -0.209. The molecule has 0 fully saturated rings. The quantitative estimate of drug-likeness (QED) is 0.829. The van der Waals surface area contributed by atoms with E-state index >= 15 is 0 Å². The molecular formula is C14H19N3O2S. The number of hydrogen-bond acceptors (Lipinski definition) is 5. The van der Waals surface area contributed by atoms with Crippen LogP contribution < -0.4 is 5.32 Å². The van der Waals surface area contributed by atoms with Crippen molar-refractivity contribution in [2.45, 2.75) is 25.9 Å². The predicted molar refractivity (Wildman–Crippen MR) is 78.5 cm³/mol. The predicted octanol–water partition coefficient (Wildman–Crippen LogP) is 2.18. The fourth-order valence-corrected chi connectivity index (χ4v) is 2.77. The molecule has 5 nitrogen and oxygen atoms in total. The van der Waals surface area contributed by atoms with E-state index in [9.17, 15) is 4.79 Å². The third-order valence-electron chi connectivity index (χ3n) is 3.36. The van der Waals surface area contributed by atoms with Crippen LogP contribution in [0.4, 0.5) is 0 Å². The van der Waals surface area contributed by atoms with Crippen LogP contribution in [0.2, 0.25) is 0 Å². The van der Waals surface area contributed by atoms with E-state index in [4.69, 9.17) is 4.74 Å². The van der Waals surface area contributed by atoms with Crippen molar-refractivity contribution in [1.29, 1.82) is 0 Å². The Morgan fingerprint density at radius 2 is 2.40 bits per heavy atom. The first-order chi connectivity index (χ1) is 9.61. The van der Waals surface area contributed by atoms with Crippen LogP contribution >= 0.6 is 11.3 Å². The van der Waals surface area contributed by atoms with Gasteiger partial charge in [-0.05, 0) is 18.4 Å². The van der Waals surface area contributed by atoms with Crippen LogP contribution in [-0.2, 0) is 23.1 Å². The lowest BCUT2D eigenvalue weighted by atomic mass is 10.1. The summed E-state index contributed by atoms with van der Waals surface area (Å²) in [7, 11) is 3.34. The van der Waals surface area contributed by atoms with Gasteiger partial charge in [0.2, 0.25) is 0 Å². The van der Waals surface area contributed by atoms with Gasteiger partial charge in [-0.2, -0.15) is 5.10 Å². The molecule has 0 radical (unpaired) electrons. The molecule has 0 amide bonds. The zero-order valence-corrected chi connectivity index (χ0v) is 12.7. The van der Waals surface area contributed by atoms with E-state index in [0.29, 0.717) is 13.0 Å². The number of aryl methyl sites for hydroxylation is 1. The zero-order chi connectivity index (χ0) is 14.5. The van der Waals surface area contributed by atoms with E-state index in [-0.39, 0.29) is 12.0 Å². The van der Waals surface area contributed by atoms with Gasteiger partial charge in [0.1, 0.15) is 0 Å². The highest BCUT2D eigenvalue weighted by Gasteiger charge is 2.17. The number of nitrogens with zero attached hydrogens (tertiary/aromatic N) is 2. The van der Waals surface area contributed by atoms with Gasteiger partial charge in [-0.25, -0.2) is 0 Å².